The lowest BCUT2D eigenvalue weighted by Crippen LogP contribution is -2.82. The second-order valence-electron chi connectivity index (χ2n) is 13.6. The average molecular weight is 454 g/mol. The van der Waals surface area contributed by atoms with Crippen LogP contribution >= 0.6 is 0 Å². The van der Waals surface area contributed by atoms with E-state index in [1.807, 2.05) is 6.92 Å². The van der Waals surface area contributed by atoms with Gasteiger partial charge in [-0.1, -0.05) is 26.8 Å². The standard InChI is InChI=1S/C28H39NO4/c1-24(2,3)25(4,31)19-14-26-9-10-28(19,32)23-27(26)11-12-29(15-16-5-6-16)20(26)13-17-7-8-18(30)22(33-23)21(17)27/h7-8,16,19-20,23,30-32H,5-6,9-15H2,1-4H3/t19-,20-,23-,25+,26+,27+,28-/m1/s1. The summed E-state index contributed by atoms with van der Waals surface area (Å²) in [5.41, 5.74) is -0.323. The van der Waals surface area contributed by atoms with Crippen LogP contribution in [0.25, 0.3) is 0 Å². The van der Waals surface area contributed by atoms with Crippen molar-refractivity contribution >= 4 is 0 Å². The van der Waals surface area contributed by atoms with Crippen LogP contribution in [0.15, 0.2) is 12.1 Å². The van der Waals surface area contributed by atoms with E-state index in [1.54, 1.807) is 6.07 Å². The fourth-order valence-corrected chi connectivity index (χ4v) is 9.26. The monoisotopic (exact) mass is 453 g/mol. The van der Waals surface area contributed by atoms with Crippen LogP contribution < -0.4 is 4.74 Å². The maximum Gasteiger partial charge on any atom is 0.165 e. The number of piperidine rings is 1. The van der Waals surface area contributed by atoms with E-state index in [0.717, 1.165) is 38.1 Å². The zero-order valence-corrected chi connectivity index (χ0v) is 20.5. The first-order valence-corrected chi connectivity index (χ1v) is 13.2. The predicted molar refractivity (Wildman–Crippen MR) is 125 cm³/mol. The second kappa shape index (κ2) is 5.91. The van der Waals surface area contributed by atoms with Gasteiger partial charge >= 0.3 is 0 Å². The lowest BCUT2D eigenvalue weighted by Gasteiger charge is -2.75. The van der Waals surface area contributed by atoms with Crippen molar-refractivity contribution in [2.24, 2.45) is 22.7 Å². The van der Waals surface area contributed by atoms with Gasteiger partial charge in [0.15, 0.2) is 11.5 Å². The normalized spacial score (nSPS) is 44.8. The molecule has 7 atom stereocenters. The van der Waals surface area contributed by atoms with Gasteiger partial charge in [-0.3, -0.25) is 4.90 Å². The van der Waals surface area contributed by atoms with E-state index >= 15 is 0 Å². The molecule has 1 aromatic carbocycles. The molecule has 5 aliphatic carbocycles. The van der Waals surface area contributed by atoms with Gasteiger partial charge in [0.05, 0.1) is 5.60 Å². The smallest absolute Gasteiger partial charge is 0.165 e. The molecule has 180 valence electrons. The molecule has 5 nitrogen and oxygen atoms in total. The summed E-state index contributed by atoms with van der Waals surface area (Å²) in [5.74, 6) is 1.39. The van der Waals surface area contributed by atoms with Crippen molar-refractivity contribution in [2.45, 2.75) is 101 Å². The number of aromatic hydroxyl groups is 1. The summed E-state index contributed by atoms with van der Waals surface area (Å²) in [6, 6.07) is 4.30. The van der Waals surface area contributed by atoms with Crippen molar-refractivity contribution in [2.75, 3.05) is 13.1 Å². The molecular weight excluding hydrogens is 414 g/mol. The highest BCUT2D eigenvalue weighted by molar-refractivity contribution is 5.63. The van der Waals surface area contributed by atoms with Gasteiger partial charge < -0.3 is 20.1 Å². The molecule has 8 rings (SSSR count). The van der Waals surface area contributed by atoms with Crippen LogP contribution in [0.4, 0.5) is 0 Å². The molecule has 5 fully saturated rings. The van der Waals surface area contributed by atoms with Crippen molar-refractivity contribution in [3.8, 4) is 11.5 Å². The minimum Gasteiger partial charge on any atom is -0.504 e. The third kappa shape index (κ3) is 2.22. The Labute approximate surface area is 197 Å². The molecule has 5 heteroatoms. The van der Waals surface area contributed by atoms with E-state index in [9.17, 15) is 15.3 Å². The maximum absolute atomic E-state index is 12.5. The van der Waals surface area contributed by atoms with Crippen LogP contribution in [0.2, 0.25) is 0 Å². The number of fused-ring (bicyclic) bond motifs is 2. The van der Waals surface area contributed by atoms with Gasteiger partial charge in [0, 0.05) is 34.9 Å². The molecule has 2 heterocycles. The molecule has 0 aromatic heterocycles. The number of nitrogens with zero attached hydrogens (tertiary/aromatic N) is 1. The van der Waals surface area contributed by atoms with Crippen molar-refractivity contribution in [3.05, 3.63) is 23.3 Å². The summed E-state index contributed by atoms with van der Waals surface area (Å²) in [4.78, 5) is 2.77. The number of likely N-dealkylation sites (tertiary alicyclic amines) is 1. The summed E-state index contributed by atoms with van der Waals surface area (Å²) in [6.07, 6.45) is 6.71. The molecule has 33 heavy (non-hydrogen) atoms. The second-order valence-corrected chi connectivity index (χ2v) is 13.6. The number of phenolic OH excluding ortho intramolecular Hbond substituents is 1. The molecule has 3 N–H and O–H groups in total. The topological polar surface area (TPSA) is 73.2 Å². The van der Waals surface area contributed by atoms with E-state index in [0.29, 0.717) is 18.2 Å². The van der Waals surface area contributed by atoms with Gasteiger partial charge in [-0.05, 0) is 81.4 Å². The molecule has 0 radical (unpaired) electrons. The van der Waals surface area contributed by atoms with E-state index in [4.69, 9.17) is 4.74 Å². The molecule has 0 amide bonds. The molecule has 4 bridgehead atoms. The first-order chi connectivity index (χ1) is 15.5. The highest BCUT2D eigenvalue weighted by atomic mass is 16.5. The molecule has 0 unspecified atom stereocenters. The molecule has 1 saturated heterocycles. The Hall–Kier alpha value is -1.30. The summed E-state index contributed by atoms with van der Waals surface area (Å²) >= 11 is 0. The summed E-state index contributed by atoms with van der Waals surface area (Å²) in [5, 5.41) is 35.3. The van der Waals surface area contributed by atoms with Crippen LogP contribution in [-0.2, 0) is 11.8 Å². The van der Waals surface area contributed by atoms with Crippen LogP contribution in [0, 0.1) is 22.7 Å². The Morgan fingerprint density at radius 3 is 2.58 bits per heavy atom. The molecule has 1 aromatic rings. The lowest BCUT2D eigenvalue weighted by molar-refractivity contribution is -0.305. The highest BCUT2D eigenvalue weighted by Crippen LogP contribution is 2.77. The third-order valence-corrected chi connectivity index (χ3v) is 11.5. The minimum absolute atomic E-state index is 0.0404. The van der Waals surface area contributed by atoms with E-state index in [1.165, 1.54) is 30.5 Å². The van der Waals surface area contributed by atoms with Crippen LogP contribution in [0.1, 0.15) is 77.3 Å². The Bertz CT molecular complexity index is 1040. The SMILES string of the molecule is CC(C)(C)[C@@](C)(O)[C@H]1C[C@]23CC[C@]1(O)[C@@H]1Oc4c(O)ccc5c4[C@@]12CCN(CC1CC1)[C@@H]3C5. The molecule has 2 spiro atoms. The summed E-state index contributed by atoms with van der Waals surface area (Å²) in [6.45, 7) is 10.4. The first kappa shape index (κ1) is 21.0. The van der Waals surface area contributed by atoms with Crippen molar-refractivity contribution in [3.63, 3.8) is 0 Å². The number of aliphatic hydroxyl groups is 2. The van der Waals surface area contributed by atoms with E-state index < -0.39 is 17.3 Å². The minimum atomic E-state index is -1.11. The third-order valence-electron chi connectivity index (χ3n) is 11.5. The van der Waals surface area contributed by atoms with Gasteiger partial charge in [-0.15, -0.1) is 0 Å². The van der Waals surface area contributed by atoms with Crippen molar-refractivity contribution < 1.29 is 20.1 Å². The van der Waals surface area contributed by atoms with Crippen LogP contribution in [0.5, 0.6) is 11.5 Å². The molecule has 2 aliphatic heterocycles. The Balaban J connectivity index is 1.46. The summed E-state index contributed by atoms with van der Waals surface area (Å²) < 4.78 is 6.68. The number of phenols is 1. The van der Waals surface area contributed by atoms with Gasteiger partial charge in [0.2, 0.25) is 0 Å². The largest absolute Gasteiger partial charge is 0.504 e. The fourth-order valence-electron chi connectivity index (χ4n) is 9.26. The number of hydrogen-bond acceptors (Lipinski definition) is 5. The number of rotatable bonds is 3. The van der Waals surface area contributed by atoms with Crippen molar-refractivity contribution in [1.29, 1.82) is 0 Å². The van der Waals surface area contributed by atoms with Crippen molar-refractivity contribution in [1.82, 2.24) is 4.90 Å². The quantitative estimate of drug-likeness (QED) is 0.650. The van der Waals surface area contributed by atoms with Gasteiger partial charge in [0.25, 0.3) is 0 Å². The van der Waals surface area contributed by atoms with Gasteiger partial charge in [0.1, 0.15) is 11.7 Å². The number of ether oxygens (including phenoxy) is 1. The molecule has 7 aliphatic rings. The fraction of sp³-hybridized carbons (Fsp3) is 0.786. The summed E-state index contributed by atoms with van der Waals surface area (Å²) in [7, 11) is 0. The molecular formula is C28H39NO4. The average Bonchev–Trinajstić information content (AvgIpc) is 3.48. The highest BCUT2D eigenvalue weighted by Gasteiger charge is 2.81. The van der Waals surface area contributed by atoms with E-state index in [-0.39, 0.29) is 27.9 Å². The first-order valence-electron chi connectivity index (χ1n) is 13.2. The Morgan fingerprint density at radius 1 is 1.12 bits per heavy atom. The number of benzene rings is 1. The van der Waals surface area contributed by atoms with Gasteiger partial charge in [-0.2, -0.15) is 0 Å². The molecule has 4 saturated carbocycles. The van der Waals surface area contributed by atoms with Gasteiger partial charge in [-0.25, -0.2) is 0 Å². The Morgan fingerprint density at radius 2 is 1.88 bits per heavy atom. The van der Waals surface area contributed by atoms with Crippen LogP contribution in [-0.4, -0.2) is 56.7 Å². The zero-order valence-electron chi connectivity index (χ0n) is 20.5. The van der Waals surface area contributed by atoms with Crippen LogP contribution in [0.3, 0.4) is 0 Å². The van der Waals surface area contributed by atoms with E-state index in [2.05, 4.69) is 31.7 Å². The predicted octanol–water partition coefficient (Wildman–Crippen LogP) is 3.76. The lowest BCUT2D eigenvalue weighted by atomic mass is 9.33. The number of hydrogen-bond donors (Lipinski definition) is 3. The maximum atomic E-state index is 12.5. The Kier molecular flexibility index (Phi) is 3.76. The zero-order chi connectivity index (χ0) is 23.2.